The molecule has 2 nitrogen and oxygen atoms in total. The summed E-state index contributed by atoms with van der Waals surface area (Å²) in [4.78, 5) is 11.2. The van der Waals surface area contributed by atoms with Gasteiger partial charge in [0.1, 0.15) is 11.5 Å². The Kier molecular flexibility index (Phi) is 3.28. The van der Waals surface area contributed by atoms with Crippen LogP contribution in [0.1, 0.15) is 42.9 Å². The number of carbonyl (C=O) groups is 1. The number of ketones is 1. The third-order valence-corrected chi connectivity index (χ3v) is 3.30. The first kappa shape index (κ1) is 11.2. The van der Waals surface area contributed by atoms with E-state index >= 15 is 0 Å². The van der Waals surface area contributed by atoms with Crippen LogP contribution in [0.2, 0.25) is 0 Å². The first-order valence-electron chi connectivity index (χ1n) is 6.00. The van der Waals surface area contributed by atoms with Crippen molar-refractivity contribution in [2.24, 2.45) is 0 Å². The monoisotopic (exact) mass is 218 g/mol. The van der Waals surface area contributed by atoms with Gasteiger partial charge in [-0.15, -0.1) is 0 Å². The highest BCUT2D eigenvalue weighted by atomic mass is 16.3. The van der Waals surface area contributed by atoms with E-state index in [-0.39, 0.29) is 11.5 Å². The van der Waals surface area contributed by atoms with Crippen LogP contribution >= 0.6 is 0 Å². The highest BCUT2D eigenvalue weighted by Gasteiger charge is 2.16. The highest BCUT2D eigenvalue weighted by molar-refractivity contribution is 5.79. The van der Waals surface area contributed by atoms with Gasteiger partial charge in [0.25, 0.3) is 0 Å². The van der Waals surface area contributed by atoms with Crippen LogP contribution in [-0.2, 0) is 24.1 Å². The second kappa shape index (κ2) is 4.69. The van der Waals surface area contributed by atoms with Crippen LogP contribution in [0.15, 0.2) is 12.1 Å². The third-order valence-electron chi connectivity index (χ3n) is 3.30. The van der Waals surface area contributed by atoms with Crippen molar-refractivity contribution in [1.82, 2.24) is 0 Å². The largest absolute Gasteiger partial charge is 0.508 e. The number of phenolic OH excluding ortho intramolecular Hbond substituents is 1. The zero-order chi connectivity index (χ0) is 11.5. The molecule has 2 heteroatoms. The first-order chi connectivity index (χ1) is 7.68. The molecule has 1 aliphatic rings. The predicted molar refractivity (Wildman–Crippen MR) is 63.8 cm³/mol. The van der Waals surface area contributed by atoms with E-state index < -0.39 is 0 Å². The molecule has 0 radical (unpaired) electrons. The smallest absolute Gasteiger partial charge is 0.134 e. The van der Waals surface area contributed by atoms with Gasteiger partial charge < -0.3 is 5.11 Å². The van der Waals surface area contributed by atoms with Gasteiger partial charge in [0.2, 0.25) is 0 Å². The molecule has 0 unspecified atom stereocenters. The summed E-state index contributed by atoms with van der Waals surface area (Å²) < 4.78 is 0. The molecular formula is C14H18O2. The Morgan fingerprint density at radius 2 is 2.00 bits per heavy atom. The molecule has 0 heterocycles. The maximum absolute atomic E-state index is 11.2. The minimum Gasteiger partial charge on any atom is -0.508 e. The number of Topliss-reactive ketones (excluding diaryl/α,β-unsaturated/α-hetero) is 1. The number of fused-ring (bicyclic) bond motifs is 1. The van der Waals surface area contributed by atoms with Crippen LogP contribution in [0, 0.1) is 0 Å². The van der Waals surface area contributed by atoms with Crippen molar-refractivity contribution < 1.29 is 9.90 Å². The van der Waals surface area contributed by atoms with Gasteiger partial charge >= 0.3 is 0 Å². The quantitative estimate of drug-likeness (QED) is 0.775. The second-order valence-corrected chi connectivity index (χ2v) is 4.64. The van der Waals surface area contributed by atoms with Crippen molar-refractivity contribution in [2.75, 3.05) is 0 Å². The number of carbonyl (C=O) groups excluding carboxylic acids is 1. The molecule has 86 valence electrons. The van der Waals surface area contributed by atoms with Gasteiger partial charge in [-0.05, 0) is 49.8 Å². The molecule has 1 aromatic carbocycles. The molecule has 0 atom stereocenters. The van der Waals surface area contributed by atoms with Crippen molar-refractivity contribution >= 4 is 5.78 Å². The normalized spacial score (nSPS) is 15.3. The van der Waals surface area contributed by atoms with E-state index in [4.69, 9.17) is 0 Å². The first-order valence-corrected chi connectivity index (χ1v) is 6.00. The van der Waals surface area contributed by atoms with Crippen LogP contribution in [0.4, 0.5) is 0 Å². The fraction of sp³-hybridized carbons (Fsp3) is 0.500. The Hall–Kier alpha value is -1.31. The molecule has 0 aliphatic heterocycles. The third kappa shape index (κ3) is 2.26. The minimum absolute atomic E-state index is 0.118. The molecule has 0 aromatic heterocycles. The maximum Gasteiger partial charge on any atom is 0.134 e. The summed E-state index contributed by atoms with van der Waals surface area (Å²) in [7, 11) is 0. The van der Waals surface area contributed by atoms with Gasteiger partial charge in [0.15, 0.2) is 0 Å². The van der Waals surface area contributed by atoms with Gasteiger partial charge in [0, 0.05) is 12.0 Å². The van der Waals surface area contributed by atoms with Gasteiger partial charge in [-0.25, -0.2) is 0 Å². The minimum atomic E-state index is 0.118. The molecule has 0 bridgehead atoms. The summed E-state index contributed by atoms with van der Waals surface area (Å²) in [5.74, 6) is 0.406. The summed E-state index contributed by atoms with van der Waals surface area (Å²) in [6, 6.07) is 3.75. The summed E-state index contributed by atoms with van der Waals surface area (Å²) in [6.45, 7) is 1.58. The summed E-state index contributed by atoms with van der Waals surface area (Å²) in [5.41, 5.74) is 3.42. The molecule has 16 heavy (non-hydrogen) atoms. The molecule has 0 saturated carbocycles. The van der Waals surface area contributed by atoms with E-state index in [9.17, 15) is 9.90 Å². The van der Waals surface area contributed by atoms with Crippen molar-refractivity contribution in [3.63, 3.8) is 0 Å². The van der Waals surface area contributed by atoms with E-state index in [1.165, 1.54) is 30.4 Å². The van der Waals surface area contributed by atoms with Crippen molar-refractivity contribution in [3.8, 4) is 5.75 Å². The Labute approximate surface area is 96.3 Å². The molecule has 0 saturated heterocycles. The molecule has 0 spiro atoms. The summed E-state index contributed by atoms with van der Waals surface area (Å²) in [5, 5.41) is 9.86. The highest BCUT2D eigenvalue weighted by Crippen LogP contribution is 2.30. The van der Waals surface area contributed by atoms with Gasteiger partial charge in [-0.3, -0.25) is 4.79 Å². The van der Waals surface area contributed by atoms with E-state index in [0.29, 0.717) is 6.42 Å². The Morgan fingerprint density at radius 1 is 1.25 bits per heavy atom. The van der Waals surface area contributed by atoms with Crippen LogP contribution in [-0.4, -0.2) is 10.9 Å². The molecule has 1 aromatic rings. The van der Waals surface area contributed by atoms with Crippen LogP contribution in [0.5, 0.6) is 5.75 Å². The number of hydrogen-bond donors (Lipinski definition) is 1. The fourth-order valence-electron chi connectivity index (χ4n) is 2.51. The van der Waals surface area contributed by atoms with Gasteiger partial charge in [-0.2, -0.15) is 0 Å². The lowest BCUT2D eigenvalue weighted by Crippen LogP contribution is -2.04. The summed E-state index contributed by atoms with van der Waals surface area (Å²) >= 11 is 0. The zero-order valence-electron chi connectivity index (χ0n) is 9.75. The van der Waals surface area contributed by atoms with Gasteiger partial charge in [0.05, 0.1) is 0 Å². The predicted octanol–water partition coefficient (Wildman–Crippen LogP) is 2.79. The Bertz CT molecular complexity index is 407. The SMILES string of the molecule is CC(=O)Cc1c(O)ccc2c1CCCCC2. The van der Waals surface area contributed by atoms with Gasteiger partial charge in [-0.1, -0.05) is 12.5 Å². The van der Waals surface area contributed by atoms with E-state index in [2.05, 4.69) is 0 Å². The molecule has 2 rings (SSSR count). The lowest BCUT2D eigenvalue weighted by Gasteiger charge is -2.13. The van der Waals surface area contributed by atoms with E-state index in [0.717, 1.165) is 18.4 Å². The molecule has 1 N–H and O–H groups in total. The number of phenols is 1. The van der Waals surface area contributed by atoms with E-state index in [1.54, 1.807) is 13.0 Å². The van der Waals surface area contributed by atoms with E-state index in [1.807, 2.05) is 6.07 Å². The van der Waals surface area contributed by atoms with Crippen LogP contribution in [0.3, 0.4) is 0 Å². The number of benzene rings is 1. The standard InChI is InChI=1S/C14H18O2/c1-10(15)9-13-12-6-4-2-3-5-11(12)7-8-14(13)16/h7-8,16H,2-6,9H2,1H3. The number of aromatic hydroxyl groups is 1. The molecule has 0 fully saturated rings. The lowest BCUT2D eigenvalue weighted by molar-refractivity contribution is -0.116. The zero-order valence-corrected chi connectivity index (χ0v) is 9.75. The molecular weight excluding hydrogens is 200 g/mol. The average molecular weight is 218 g/mol. The lowest BCUT2D eigenvalue weighted by atomic mass is 9.93. The summed E-state index contributed by atoms with van der Waals surface area (Å²) in [6.07, 6.45) is 6.09. The fourth-order valence-corrected chi connectivity index (χ4v) is 2.51. The Morgan fingerprint density at radius 3 is 2.75 bits per heavy atom. The number of aryl methyl sites for hydroxylation is 1. The molecule has 1 aliphatic carbocycles. The van der Waals surface area contributed by atoms with Crippen molar-refractivity contribution in [1.29, 1.82) is 0 Å². The second-order valence-electron chi connectivity index (χ2n) is 4.64. The maximum atomic E-state index is 11.2. The van der Waals surface area contributed by atoms with Crippen molar-refractivity contribution in [3.05, 3.63) is 28.8 Å². The van der Waals surface area contributed by atoms with Crippen molar-refractivity contribution in [2.45, 2.75) is 45.4 Å². The average Bonchev–Trinajstić information content (AvgIpc) is 2.47. The topological polar surface area (TPSA) is 37.3 Å². The Balaban J connectivity index is 2.44. The van der Waals surface area contributed by atoms with Crippen LogP contribution < -0.4 is 0 Å². The molecule has 0 amide bonds. The number of rotatable bonds is 2. The van der Waals surface area contributed by atoms with Crippen LogP contribution in [0.25, 0.3) is 0 Å². The number of hydrogen-bond acceptors (Lipinski definition) is 2.